The lowest BCUT2D eigenvalue weighted by atomic mass is 9.89. The van der Waals surface area contributed by atoms with Gasteiger partial charge >= 0.3 is 0 Å². The minimum absolute atomic E-state index is 0.113. The molecule has 1 aromatic rings. The van der Waals surface area contributed by atoms with Crippen molar-refractivity contribution in [1.82, 2.24) is 10.6 Å². The molecule has 1 aromatic carbocycles. The summed E-state index contributed by atoms with van der Waals surface area (Å²) in [6, 6.07) is 5.23. The van der Waals surface area contributed by atoms with Crippen molar-refractivity contribution in [3.63, 3.8) is 0 Å². The highest BCUT2D eigenvalue weighted by molar-refractivity contribution is 5.94. The van der Waals surface area contributed by atoms with Crippen LogP contribution in [0.3, 0.4) is 0 Å². The van der Waals surface area contributed by atoms with E-state index in [0.717, 1.165) is 38.5 Å². The topological polar surface area (TPSA) is 76.7 Å². The molecule has 6 heteroatoms. The van der Waals surface area contributed by atoms with Crippen molar-refractivity contribution in [2.24, 2.45) is 5.92 Å². The number of hydrogen-bond acceptors (Lipinski definition) is 4. The molecule has 1 aliphatic carbocycles. The van der Waals surface area contributed by atoms with E-state index in [9.17, 15) is 9.59 Å². The maximum Gasteiger partial charge on any atom is 0.251 e. The van der Waals surface area contributed by atoms with Gasteiger partial charge in [-0.05, 0) is 43.9 Å². The predicted octanol–water partition coefficient (Wildman–Crippen LogP) is 3.69. The van der Waals surface area contributed by atoms with Gasteiger partial charge in [0.25, 0.3) is 5.91 Å². The number of rotatable bonds is 11. The van der Waals surface area contributed by atoms with Gasteiger partial charge in [-0.1, -0.05) is 33.1 Å². The Morgan fingerprint density at radius 3 is 2.25 bits per heavy atom. The molecule has 6 nitrogen and oxygen atoms in total. The third kappa shape index (κ3) is 7.06. The van der Waals surface area contributed by atoms with Crippen LogP contribution in [0, 0.1) is 5.92 Å². The van der Waals surface area contributed by atoms with Gasteiger partial charge in [-0.25, -0.2) is 0 Å². The molecule has 0 atom stereocenters. The average Bonchev–Trinajstić information content (AvgIpc) is 2.74. The smallest absolute Gasteiger partial charge is 0.251 e. The van der Waals surface area contributed by atoms with Crippen LogP contribution in [-0.4, -0.2) is 38.1 Å². The van der Waals surface area contributed by atoms with Crippen LogP contribution in [0.25, 0.3) is 0 Å². The van der Waals surface area contributed by atoms with Crippen LogP contribution in [0.15, 0.2) is 18.2 Å². The highest BCUT2D eigenvalue weighted by Gasteiger charge is 2.20. The Kier molecular flexibility index (Phi) is 9.66. The van der Waals surface area contributed by atoms with E-state index in [-0.39, 0.29) is 17.7 Å². The van der Waals surface area contributed by atoms with Crippen molar-refractivity contribution >= 4 is 11.8 Å². The standard InChI is InChI=1S/C22H34N2O4/c1-3-14-27-19-11-10-18(16-20(19)28-15-4-2)22(26)24-13-12-23-21(25)17-8-6-5-7-9-17/h10-11,16-17H,3-9,12-15H2,1-2H3,(H,23,25)(H,24,26). The van der Waals surface area contributed by atoms with E-state index < -0.39 is 0 Å². The monoisotopic (exact) mass is 390 g/mol. The summed E-state index contributed by atoms with van der Waals surface area (Å²) < 4.78 is 11.4. The fourth-order valence-corrected chi connectivity index (χ4v) is 3.28. The van der Waals surface area contributed by atoms with E-state index in [1.165, 1.54) is 6.42 Å². The predicted molar refractivity (Wildman–Crippen MR) is 110 cm³/mol. The highest BCUT2D eigenvalue weighted by Crippen LogP contribution is 2.29. The van der Waals surface area contributed by atoms with Gasteiger partial charge in [0.05, 0.1) is 13.2 Å². The first-order valence-corrected chi connectivity index (χ1v) is 10.6. The third-order valence-corrected chi connectivity index (χ3v) is 4.82. The maximum atomic E-state index is 12.4. The normalized spacial score (nSPS) is 14.4. The van der Waals surface area contributed by atoms with Gasteiger partial charge in [-0.2, -0.15) is 0 Å². The van der Waals surface area contributed by atoms with E-state index in [4.69, 9.17) is 9.47 Å². The average molecular weight is 391 g/mol. The summed E-state index contributed by atoms with van der Waals surface area (Å²) >= 11 is 0. The summed E-state index contributed by atoms with van der Waals surface area (Å²) in [6.45, 7) is 6.09. The molecule has 2 amide bonds. The lowest BCUT2D eigenvalue weighted by Crippen LogP contribution is -2.38. The largest absolute Gasteiger partial charge is 0.490 e. The number of benzene rings is 1. The third-order valence-electron chi connectivity index (χ3n) is 4.82. The lowest BCUT2D eigenvalue weighted by molar-refractivity contribution is -0.125. The zero-order chi connectivity index (χ0) is 20.2. The van der Waals surface area contributed by atoms with E-state index in [2.05, 4.69) is 10.6 Å². The zero-order valence-electron chi connectivity index (χ0n) is 17.2. The van der Waals surface area contributed by atoms with Gasteiger partial charge < -0.3 is 20.1 Å². The Hall–Kier alpha value is -2.24. The van der Waals surface area contributed by atoms with Crippen LogP contribution >= 0.6 is 0 Å². The van der Waals surface area contributed by atoms with Crippen LogP contribution in [0.4, 0.5) is 0 Å². The molecule has 0 aliphatic heterocycles. The molecule has 1 aliphatic rings. The van der Waals surface area contributed by atoms with Gasteiger partial charge in [0.15, 0.2) is 11.5 Å². The van der Waals surface area contributed by atoms with Gasteiger partial charge in [0.2, 0.25) is 5.91 Å². The Balaban J connectivity index is 1.82. The van der Waals surface area contributed by atoms with Crippen LogP contribution < -0.4 is 20.1 Å². The van der Waals surface area contributed by atoms with Gasteiger partial charge in [0.1, 0.15) is 0 Å². The number of amides is 2. The fourth-order valence-electron chi connectivity index (χ4n) is 3.28. The van der Waals surface area contributed by atoms with E-state index in [1.54, 1.807) is 18.2 Å². The second-order valence-corrected chi connectivity index (χ2v) is 7.24. The number of hydrogen-bond donors (Lipinski definition) is 2. The van der Waals surface area contributed by atoms with Gasteiger partial charge in [-0.15, -0.1) is 0 Å². The summed E-state index contributed by atoms with van der Waals surface area (Å²) in [7, 11) is 0. The molecule has 156 valence electrons. The Labute approximate surface area is 168 Å². The molecule has 2 rings (SSSR count). The maximum absolute atomic E-state index is 12.4. The summed E-state index contributed by atoms with van der Waals surface area (Å²) in [4.78, 5) is 24.5. The molecular formula is C22H34N2O4. The molecule has 0 heterocycles. The van der Waals surface area contributed by atoms with Crippen molar-refractivity contribution in [2.45, 2.75) is 58.8 Å². The molecule has 0 unspecified atom stereocenters. The molecule has 0 spiro atoms. The molecule has 0 radical (unpaired) electrons. The summed E-state index contributed by atoms with van der Waals surface area (Å²) in [5.74, 6) is 1.32. The minimum Gasteiger partial charge on any atom is -0.490 e. The summed E-state index contributed by atoms with van der Waals surface area (Å²) in [6.07, 6.45) is 7.24. The first kappa shape index (κ1) is 22.1. The first-order chi connectivity index (χ1) is 13.7. The van der Waals surface area contributed by atoms with Crippen molar-refractivity contribution in [2.75, 3.05) is 26.3 Å². The first-order valence-electron chi connectivity index (χ1n) is 10.6. The van der Waals surface area contributed by atoms with Gasteiger partial charge in [0, 0.05) is 24.6 Å². The number of nitrogens with one attached hydrogen (secondary N) is 2. The van der Waals surface area contributed by atoms with Crippen LogP contribution in [0.2, 0.25) is 0 Å². The van der Waals surface area contributed by atoms with Crippen LogP contribution in [0.5, 0.6) is 11.5 Å². The second-order valence-electron chi connectivity index (χ2n) is 7.24. The molecule has 0 bridgehead atoms. The second kappa shape index (κ2) is 12.3. The number of carbonyl (C=O) groups excluding carboxylic acids is 2. The van der Waals surface area contributed by atoms with Crippen molar-refractivity contribution in [3.05, 3.63) is 23.8 Å². The number of ether oxygens (including phenoxy) is 2. The molecule has 1 saturated carbocycles. The summed E-state index contributed by atoms with van der Waals surface area (Å²) in [5.41, 5.74) is 0.522. The highest BCUT2D eigenvalue weighted by atomic mass is 16.5. The lowest BCUT2D eigenvalue weighted by Gasteiger charge is -2.20. The molecule has 28 heavy (non-hydrogen) atoms. The van der Waals surface area contributed by atoms with Crippen LogP contribution in [0.1, 0.15) is 69.2 Å². The summed E-state index contributed by atoms with van der Waals surface area (Å²) in [5, 5.41) is 5.79. The fraction of sp³-hybridized carbons (Fsp3) is 0.636. The van der Waals surface area contributed by atoms with E-state index in [0.29, 0.717) is 43.4 Å². The van der Waals surface area contributed by atoms with Crippen molar-refractivity contribution in [3.8, 4) is 11.5 Å². The van der Waals surface area contributed by atoms with Crippen LogP contribution in [-0.2, 0) is 4.79 Å². The Morgan fingerprint density at radius 2 is 1.57 bits per heavy atom. The number of carbonyl (C=O) groups is 2. The molecular weight excluding hydrogens is 356 g/mol. The molecule has 0 saturated heterocycles. The molecule has 1 fully saturated rings. The minimum atomic E-state index is -0.185. The molecule has 0 aromatic heterocycles. The quantitative estimate of drug-likeness (QED) is 0.565. The van der Waals surface area contributed by atoms with Crippen molar-refractivity contribution < 1.29 is 19.1 Å². The molecule has 2 N–H and O–H groups in total. The Bertz CT molecular complexity index is 627. The van der Waals surface area contributed by atoms with E-state index >= 15 is 0 Å². The Morgan fingerprint density at radius 1 is 0.929 bits per heavy atom. The van der Waals surface area contributed by atoms with Gasteiger partial charge in [-0.3, -0.25) is 9.59 Å². The van der Waals surface area contributed by atoms with E-state index in [1.807, 2.05) is 13.8 Å². The SMILES string of the molecule is CCCOc1ccc(C(=O)NCCNC(=O)C2CCCCC2)cc1OCCC. The van der Waals surface area contributed by atoms with Crippen molar-refractivity contribution in [1.29, 1.82) is 0 Å². The zero-order valence-corrected chi connectivity index (χ0v) is 17.2.